The molecule has 0 amide bonds. The zero-order valence-corrected chi connectivity index (χ0v) is 13.5. The van der Waals surface area contributed by atoms with Gasteiger partial charge in [-0.2, -0.15) is 0 Å². The van der Waals surface area contributed by atoms with E-state index in [0.717, 1.165) is 6.54 Å². The van der Waals surface area contributed by atoms with Gasteiger partial charge in [0.2, 0.25) is 0 Å². The Bertz CT molecular complexity index is 365. The molecule has 1 saturated carbocycles. The van der Waals surface area contributed by atoms with Gasteiger partial charge in [-0.15, -0.1) is 12.4 Å². The SMILES string of the molecule is C[C@@H]([C@@H](O)C1CCCCC1)N(C)Cc1ccccc1.Cl. The van der Waals surface area contributed by atoms with Crippen LogP contribution in [0.15, 0.2) is 30.3 Å². The van der Waals surface area contributed by atoms with E-state index in [9.17, 15) is 5.11 Å². The fraction of sp³-hybridized carbons (Fsp3) is 0.647. The molecule has 0 spiro atoms. The van der Waals surface area contributed by atoms with E-state index in [-0.39, 0.29) is 24.6 Å². The molecule has 0 radical (unpaired) electrons. The van der Waals surface area contributed by atoms with Gasteiger partial charge in [-0.3, -0.25) is 4.90 Å². The molecule has 0 heterocycles. The van der Waals surface area contributed by atoms with E-state index in [1.54, 1.807) is 0 Å². The summed E-state index contributed by atoms with van der Waals surface area (Å²) >= 11 is 0. The van der Waals surface area contributed by atoms with Crippen LogP contribution in [-0.2, 0) is 6.54 Å². The number of nitrogens with zero attached hydrogens (tertiary/aromatic N) is 1. The molecular formula is C17H28ClNO. The minimum Gasteiger partial charge on any atom is -0.391 e. The minimum absolute atomic E-state index is 0. The fourth-order valence-electron chi connectivity index (χ4n) is 3.15. The van der Waals surface area contributed by atoms with Crippen molar-refractivity contribution in [3.05, 3.63) is 35.9 Å². The van der Waals surface area contributed by atoms with Crippen molar-refractivity contribution in [2.45, 2.75) is 57.7 Å². The molecule has 0 saturated heterocycles. The second-order valence-corrected chi connectivity index (χ2v) is 6.03. The number of hydrogen-bond acceptors (Lipinski definition) is 2. The average Bonchev–Trinajstić information content (AvgIpc) is 2.47. The van der Waals surface area contributed by atoms with Crippen LogP contribution in [0.2, 0.25) is 0 Å². The average molecular weight is 298 g/mol. The van der Waals surface area contributed by atoms with Gasteiger partial charge in [0.15, 0.2) is 0 Å². The second kappa shape index (κ2) is 8.66. The van der Waals surface area contributed by atoms with Crippen LogP contribution in [0.3, 0.4) is 0 Å². The highest BCUT2D eigenvalue weighted by atomic mass is 35.5. The van der Waals surface area contributed by atoms with Crippen LogP contribution >= 0.6 is 12.4 Å². The lowest BCUT2D eigenvalue weighted by molar-refractivity contribution is 0.0121. The van der Waals surface area contributed by atoms with Crippen LogP contribution in [0, 0.1) is 5.92 Å². The Morgan fingerprint density at radius 3 is 2.35 bits per heavy atom. The fourth-order valence-corrected chi connectivity index (χ4v) is 3.15. The molecule has 1 N–H and O–H groups in total. The van der Waals surface area contributed by atoms with Crippen molar-refractivity contribution >= 4 is 12.4 Å². The van der Waals surface area contributed by atoms with Gasteiger partial charge in [0.25, 0.3) is 0 Å². The molecule has 20 heavy (non-hydrogen) atoms. The molecule has 1 aliphatic carbocycles. The Morgan fingerprint density at radius 2 is 1.75 bits per heavy atom. The molecule has 2 nitrogen and oxygen atoms in total. The third kappa shape index (κ3) is 4.76. The van der Waals surface area contributed by atoms with Crippen LogP contribution in [0.1, 0.15) is 44.6 Å². The minimum atomic E-state index is -0.186. The first-order chi connectivity index (χ1) is 9.18. The lowest BCUT2D eigenvalue weighted by Gasteiger charge is -2.35. The topological polar surface area (TPSA) is 23.5 Å². The molecular weight excluding hydrogens is 270 g/mol. The summed E-state index contributed by atoms with van der Waals surface area (Å²) in [6, 6.07) is 10.7. The first-order valence-corrected chi connectivity index (χ1v) is 7.60. The van der Waals surface area contributed by atoms with Crippen LogP contribution in [0.25, 0.3) is 0 Å². The Morgan fingerprint density at radius 1 is 1.15 bits per heavy atom. The molecule has 1 aromatic carbocycles. The molecule has 0 aromatic heterocycles. The molecule has 2 atom stereocenters. The summed E-state index contributed by atoms with van der Waals surface area (Å²) in [4.78, 5) is 2.27. The first kappa shape index (κ1) is 17.5. The van der Waals surface area contributed by atoms with Crippen molar-refractivity contribution in [1.82, 2.24) is 4.90 Å². The molecule has 1 fully saturated rings. The summed E-state index contributed by atoms with van der Waals surface area (Å²) in [5.41, 5.74) is 1.31. The zero-order chi connectivity index (χ0) is 13.7. The predicted molar refractivity (Wildman–Crippen MR) is 87.2 cm³/mol. The predicted octanol–water partition coefficient (Wildman–Crippen LogP) is 3.87. The van der Waals surface area contributed by atoms with Crippen molar-refractivity contribution in [2.75, 3.05) is 7.05 Å². The van der Waals surface area contributed by atoms with E-state index in [2.05, 4.69) is 43.1 Å². The molecule has 0 bridgehead atoms. The molecule has 2 rings (SSSR count). The summed E-state index contributed by atoms with van der Waals surface area (Å²) in [7, 11) is 2.11. The summed E-state index contributed by atoms with van der Waals surface area (Å²) < 4.78 is 0. The van der Waals surface area contributed by atoms with Crippen molar-refractivity contribution in [3.63, 3.8) is 0 Å². The highest BCUT2D eigenvalue weighted by Crippen LogP contribution is 2.29. The first-order valence-electron chi connectivity index (χ1n) is 7.60. The number of aliphatic hydroxyl groups is 1. The highest BCUT2D eigenvalue weighted by molar-refractivity contribution is 5.85. The summed E-state index contributed by atoms with van der Waals surface area (Å²) in [6.45, 7) is 3.06. The van der Waals surface area contributed by atoms with Gasteiger partial charge < -0.3 is 5.11 Å². The number of benzene rings is 1. The van der Waals surface area contributed by atoms with Crippen molar-refractivity contribution in [1.29, 1.82) is 0 Å². The van der Waals surface area contributed by atoms with Crippen molar-refractivity contribution in [3.8, 4) is 0 Å². The number of rotatable bonds is 5. The largest absolute Gasteiger partial charge is 0.391 e. The van der Waals surface area contributed by atoms with E-state index >= 15 is 0 Å². The van der Waals surface area contributed by atoms with E-state index in [4.69, 9.17) is 0 Å². The number of likely N-dealkylation sites (N-methyl/N-ethyl adjacent to an activating group) is 1. The quantitative estimate of drug-likeness (QED) is 0.892. The maximum absolute atomic E-state index is 10.5. The Hall–Kier alpha value is -0.570. The van der Waals surface area contributed by atoms with Crippen LogP contribution in [-0.4, -0.2) is 29.2 Å². The zero-order valence-electron chi connectivity index (χ0n) is 12.7. The van der Waals surface area contributed by atoms with Gasteiger partial charge in [-0.1, -0.05) is 49.6 Å². The number of halogens is 1. The van der Waals surface area contributed by atoms with Gasteiger partial charge in [-0.05, 0) is 38.3 Å². The Kier molecular flexibility index (Phi) is 7.57. The molecule has 0 unspecified atom stereocenters. The monoisotopic (exact) mass is 297 g/mol. The van der Waals surface area contributed by atoms with Crippen LogP contribution in [0.4, 0.5) is 0 Å². The maximum atomic E-state index is 10.5. The molecule has 1 aromatic rings. The third-order valence-electron chi connectivity index (χ3n) is 4.60. The normalized spacial score (nSPS) is 19.4. The van der Waals surface area contributed by atoms with Gasteiger partial charge in [-0.25, -0.2) is 0 Å². The Labute approximate surface area is 129 Å². The molecule has 1 aliphatic rings. The van der Waals surface area contributed by atoms with Crippen molar-refractivity contribution < 1.29 is 5.11 Å². The lowest BCUT2D eigenvalue weighted by atomic mass is 9.82. The van der Waals surface area contributed by atoms with Gasteiger partial charge in [0.05, 0.1) is 6.10 Å². The molecule has 3 heteroatoms. The number of aliphatic hydroxyl groups excluding tert-OH is 1. The van der Waals surface area contributed by atoms with E-state index in [1.807, 2.05) is 6.07 Å². The van der Waals surface area contributed by atoms with Gasteiger partial charge in [0.1, 0.15) is 0 Å². The second-order valence-electron chi connectivity index (χ2n) is 6.03. The maximum Gasteiger partial charge on any atom is 0.0720 e. The number of hydrogen-bond donors (Lipinski definition) is 1. The van der Waals surface area contributed by atoms with E-state index < -0.39 is 0 Å². The highest BCUT2D eigenvalue weighted by Gasteiger charge is 2.28. The summed E-state index contributed by atoms with van der Waals surface area (Å²) in [5, 5.41) is 10.5. The van der Waals surface area contributed by atoms with E-state index in [1.165, 1.54) is 37.7 Å². The molecule has 114 valence electrons. The van der Waals surface area contributed by atoms with Crippen LogP contribution in [0.5, 0.6) is 0 Å². The van der Waals surface area contributed by atoms with Gasteiger partial charge >= 0.3 is 0 Å². The summed E-state index contributed by atoms with van der Waals surface area (Å²) in [6.07, 6.45) is 6.13. The standard InChI is InChI=1S/C17H27NO.ClH/c1-14(17(19)16-11-7-4-8-12-16)18(2)13-15-9-5-3-6-10-15;/h3,5-6,9-10,14,16-17,19H,4,7-8,11-13H2,1-2H3;1H/t14-,17+;/m0./s1. The third-order valence-corrected chi connectivity index (χ3v) is 4.60. The lowest BCUT2D eigenvalue weighted by Crippen LogP contribution is -2.43. The van der Waals surface area contributed by atoms with Gasteiger partial charge in [0, 0.05) is 12.6 Å². The van der Waals surface area contributed by atoms with E-state index in [0.29, 0.717) is 5.92 Å². The summed E-state index contributed by atoms with van der Waals surface area (Å²) in [5.74, 6) is 0.502. The van der Waals surface area contributed by atoms with Crippen molar-refractivity contribution in [2.24, 2.45) is 5.92 Å². The molecule has 0 aliphatic heterocycles. The smallest absolute Gasteiger partial charge is 0.0720 e. The van der Waals surface area contributed by atoms with Crippen LogP contribution < -0.4 is 0 Å². The Balaban J connectivity index is 0.00000200.